The van der Waals surface area contributed by atoms with Gasteiger partial charge in [-0.2, -0.15) is 0 Å². The van der Waals surface area contributed by atoms with Gasteiger partial charge in [0.2, 0.25) is 11.8 Å². The summed E-state index contributed by atoms with van der Waals surface area (Å²) in [7, 11) is 0. The molecule has 2 unspecified atom stereocenters. The fraction of sp³-hybridized carbons (Fsp3) is 0.500. The molecule has 8 heteroatoms. The van der Waals surface area contributed by atoms with Gasteiger partial charge in [0.05, 0.1) is 18.6 Å². The first-order chi connectivity index (χ1) is 12.4. The van der Waals surface area contributed by atoms with Crippen molar-refractivity contribution in [3.05, 3.63) is 24.3 Å². The molecule has 3 rings (SSSR count). The maximum atomic E-state index is 12.8. The van der Waals surface area contributed by atoms with E-state index in [0.29, 0.717) is 13.1 Å². The van der Waals surface area contributed by atoms with Crippen LogP contribution in [0.5, 0.6) is 0 Å². The van der Waals surface area contributed by atoms with Crippen LogP contribution in [0.1, 0.15) is 13.3 Å². The molecule has 2 aliphatic rings. The molecule has 0 aliphatic carbocycles. The number of ether oxygens (including phenoxy) is 1. The van der Waals surface area contributed by atoms with E-state index in [1.807, 2.05) is 30.5 Å². The molecule has 0 saturated carbocycles. The van der Waals surface area contributed by atoms with Gasteiger partial charge in [-0.05, 0) is 37.4 Å². The first-order valence-corrected chi connectivity index (χ1v) is 9.73. The Balaban J connectivity index is 1.69. The molecule has 2 saturated heterocycles. The number of benzene rings is 1. The van der Waals surface area contributed by atoms with Crippen molar-refractivity contribution in [3.8, 4) is 0 Å². The second kappa shape index (κ2) is 7.67. The van der Waals surface area contributed by atoms with Crippen LogP contribution in [0.15, 0.2) is 29.2 Å². The Bertz CT molecular complexity index is 708. The van der Waals surface area contributed by atoms with Crippen LogP contribution < -0.4 is 4.90 Å². The van der Waals surface area contributed by atoms with Crippen LogP contribution in [-0.2, 0) is 19.1 Å². The Morgan fingerprint density at radius 1 is 1.19 bits per heavy atom. The standard InChI is InChI=1S/C18H22N2O5S/c1-11-8-19(10-15(25-11)18(23)24)17(22)12-7-16(21)20(9-12)13-3-5-14(26-2)6-4-13/h3-6,11-12,15H,7-10H2,1-2H3,(H,23,24)/t11-,12?,15?/m1/s1. The molecule has 1 aromatic rings. The SMILES string of the molecule is CSc1ccc(N2CC(C(=O)N3CC(C(=O)O)O[C@H](C)C3)CC2=O)cc1. The monoisotopic (exact) mass is 378 g/mol. The Morgan fingerprint density at radius 3 is 2.50 bits per heavy atom. The number of nitrogens with zero attached hydrogens (tertiary/aromatic N) is 2. The fourth-order valence-corrected chi connectivity index (χ4v) is 3.82. The molecule has 2 heterocycles. The highest BCUT2D eigenvalue weighted by Gasteiger charge is 2.40. The van der Waals surface area contributed by atoms with Crippen LogP contribution in [0.3, 0.4) is 0 Å². The number of aliphatic carboxylic acids is 1. The van der Waals surface area contributed by atoms with Crippen LogP contribution in [0.25, 0.3) is 0 Å². The van der Waals surface area contributed by atoms with Gasteiger partial charge in [0.1, 0.15) is 0 Å². The second-order valence-corrected chi connectivity index (χ2v) is 7.50. The summed E-state index contributed by atoms with van der Waals surface area (Å²) in [6.45, 7) is 2.43. The smallest absolute Gasteiger partial charge is 0.334 e. The quantitative estimate of drug-likeness (QED) is 0.799. The largest absolute Gasteiger partial charge is 0.479 e. The molecule has 0 spiro atoms. The van der Waals surface area contributed by atoms with Crippen molar-refractivity contribution in [2.24, 2.45) is 5.92 Å². The number of hydrogen-bond donors (Lipinski definition) is 1. The molecule has 26 heavy (non-hydrogen) atoms. The van der Waals surface area contributed by atoms with Gasteiger partial charge in [-0.15, -0.1) is 11.8 Å². The molecule has 3 atom stereocenters. The molecule has 1 aromatic carbocycles. The van der Waals surface area contributed by atoms with E-state index >= 15 is 0 Å². The first kappa shape index (κ1) is 18.7. The summed E-state index contributed by atoms with van der Waals surface area (Å²) in [6.07, 6.45) is 0.765. The maximum Gasteiger partial charge on any atom is 0.334 e. The van der Waals surface area contributed by atoms with Crippen LogP contribution in [0.2, 0.25) is 0 Å². The number of rotatable bonds is 4. The lowest BCUT2D eigenvalue weighted by Gasteiger charge is -2.36. The number of carbonyl (C=O) groups excluding carboxylic acids is 2. The van der Waals surface area contributed by atoms with Gasteiger partial charge in [-0.3, -0.25) is 9.59 Å². The number of amides is 2. The summed E-state index contributed by atoms with van der Waals surface area (Å²) in [6, 6.07) is 7.66. The van der Waals surface area contributed by atoms with E-state index in [2.05, 4.69) is 0 Å². The van der Waals surface area contributed by atoms with Crippen molar-refractivity contribution in [2.75, 3.05) is 30.8 Å². The van der Waals surface area contributed by atoms with Crippen molar-refractivity contribution in [3.63, 3.8) is 0 Å². The highest BCUT2D eigenvalue weighted by Crippen LogP contribution is 2.28. The van der Waals surface area contributed by atoms with E-state index in [-0.39, 0.29) is 30.9 Å². The summed E-state index contributed by atoms with van der Waals surface area (Å²) in [4.78, 5) is 40.7. The Hall–Kier alpha value is -2.06. The molecule has 140 valence electrons. The molecule has 7 nitrogen and oxygen atoms in total. The number of carboxylic acids is 1. The number of carbonyl (C=O) groups is 3. The lowest BCUT2D eigenvalue weighted by molar-refractivity contribution is -0.167. The molecule has 2 aliphatic heterocycles. The van der Waals surface area contributed by atoms with Crippen molar-refractivity contribution in [2.45, 2.75) is 30.4 Å². The van der Waals surface area contributed by atoms with Gasteiger partial charge >= 0.3 is 5.97 Å². The van der Waals surface area contributed by atoms with Crippen LogP contribution in [-0.4, -0.2) is 65.9 Å². The molecule has 1 N–H and O–H groups in total. The van der Waals surface area contributed by atoms with Gasteiger partial charge in [0.15, 0.2) is 6.10 Å². The highest BCUT2D eigenvalue weighted by atomic mass is 32.2. The van der Waals surface area contributed by atoms with Crippen molar-refractivity contribution in [1.82, 2.24) is 4.90 Å². The molecule has 0 aromatic heterocycles. The second-order valence-electron chi connectivity index (χ2n) is 6.62. The molecular formula is C18H22N2O5S. The Morgan fingerprint density at radius 2 is 1.88 bits per heavy atom. The summed E-state index contributed by atoms with van der Waals surface area (Å²) < 4.78 is 5.35. The third kappa shape index (κ3) is 3.86. The molecule has 2 fully saturated rings. The fourth-order valence-electron chi connectivity index (χ4n) is 3.41. The minimum Gasteiger partial charge on any atom is -0.479 e. The van der Waals surface area contributed by atoms with E-state index in [0.717, 1.165) is 10.6 Å². The highest BCUT2D eigenvalue weighted by molar-refractivity contribution is 7.98. The number of anilines is 1. The summed E-state index contributed by atoms with van der Waals surface area (Å²) >= 11 is 1.62. The normalized spacial score (nSPS) is 26.2. The molecule has 0 bridgehead atoms. The van der Waals surface area contributed by atoms with Crippen molar-refractivity contribution < 1.29 is 24.2 Å². The average Bonchev–Trinajstić information content (AvgIpc) is 3.02. The summed E-state index contributed by atoms with van der Waals surface area (Å²) in [5.74, 6) is -1.80. The van der Waals surface area contributed by atoms with Gasteiger partial charge in [0, 0.05) is 30.1 Å². The summed E-state index contributed by atoms with van der Waals surface area (Å²) in [5, 5.41) is 9.17. The van der Waals surface area contributed by atoms with Gasteiger partial charge in [0.25, 0.3) is 0 Å². The van der Waals surface area contributed by atoms with Crippen molar-refractivity contribution in [1.29, 1.82) is 0 Å². The summed E-state index contributed by atoms with van der Waals surface area (Å²) in [5.41, 5.74) is 0.779. The third-order valence-electron chi connectivity index (χ3n) is 4.71. The van der Waals surface area contributed by atoms with E-state index in [9.17, 15) is 14.4 Å². The molecule has 0 radical (unpaired) electrons. The number of morpholine rings is 1. The topological polar surface area (TPSA) is 87.2 Å². The lowest BCUT2D eigenvalue weighted by atomic mass is 10.1. The molecular weight excluding hydrogens is 356 g/mol. The zero-order valence-corrected chi connectivity index (χ0v) is 15.6. The van der Waals surface area contributed by atoms with E-state index < -0.39 is 18.0 Å². The van der Waals surface area contributed by atoms with E-state index in [4.69, 9.17) is 9.84 Å². The van der Waals surface area contributed by atoms with Gasteiger partial charge < -0.3 is 19.6 Å². The van der Waals surface area contributed by atoms with Gasteiger partial charge in [-0.1, -0.05) is 0 Å². The average molecular weight is 378 g/mol. The van der Waals surface area contributed by atoms with Gasteiger partial charge in [-0.25, -0.2) is 4.79 Å². The van der Waals surface area contributed by atoms with Crippen LogP contribution in [0.4, 0.5) is 5.69 Å². The van der Waals surface area contributed by atoms with Crippen molar-refractivity contribution >= 4 is 35.2 Å². The van der Waals surface area contributed by atoms with Crippen LogP contribution in [0, 0.1) is 5.92 Å². The van der Waals surface area contributed by atoms with E-state index in [1.54, 1.807) is 23.6 Å². The zero-order valence-electron chi connectivity index (χ0n) is 14.8. The van der Waals surface area contributed by atoms with E-state index in [1.165, 1.54) is 4.90 Å². The predicted octanol–water partition coefficient (Wildman–Crippen LogP) is 1.46. The maximum absolute atomic E-state index is 12.8. The predicted molar refractivity (Wildman–Crippen MR) is 97.2 cm³/mol. The third-order valence-corrected chi connectivity index (χ3v) is 5.45. The zero-order chi connectivity index (χ0) is 18.8. The number of hydrogen-bond acceptors (Lipinski definition) is 5. The lowest BCUT2D eigenvalue weighted by Crippen LogP contribution is -2.53. The first-order valence-electron chi connectivity index (χ1n) is 8.50. The minimum atomic E-state index is -1.08. The Kier molecular flexibility index (Phi) is 5.52. The Labute approximate surface area is 156 Å². The number of thioether (sulfide) groups is 1. The molecule has 2 amide bonds. The van der Waals surface area contributed by atoms with Crippen LogP contribution >= 0.6 is 11.8 Å². The minimum absolute atomic E-state index is 0.0195. The number of carboxylic acid groups (broad SMARTS) is 1.